The third kappa shape index (κ3) is 1.79. The zero-order valence-corrected chi connectivity index (χ0v) is 10.0. The van der Waals surface area contributed by atoms with E-state index in [4.69, 9.17) is 31.5 Å². The summed E-state index contributed by atoms with van der Waals surface area (Å²) in [6.45, 7) is 2.88. The van der Waals surface area contributed by atoms with Crippen LogP contribution in [0.2, 0.25) is 5.02 Å². The van der Waals surface area contributed by atoms with E-state index >= 15 is 0 Å². The number of hydrogen-bond acceptors (Lipinski definition) is 4. The number of halogens is 1. The number of ether oxygens (including phenoxy) is 3. The molecule has 0 spiro atoms. The molecule has 0 fully saturated rings. The second kappa shape index (κ2) is 4.39. The molecule has 5 heteroatoms. The summed E-state index contributed by atoms with van der Waals surface area (Å²) in [7, 11) is 1.56. The largest absolute Gasteiger partial charge is 0.495 e. The van der Waals surface area contributed by atoms with Crippen molar-refractivity contribution in [3.05, 3.63) is 16.7 Å². The molecule has 0 saturated carbocycles. The molecule has 0 amide bonds. The molecule has 1 aromatic rings. The molecule has 16 heavy (non-hydrogen) atoms. The predicted octanol–water partition coefficient (Wildman–Crippen LogP) is 2.14. The van der Waals surface area contributed by atoms with Gasteiger partial charge in [-0.25, -0.2) is 0 Å². The topological polar surface area (TPSA) is 53.7 Å². The van der Waals surface area contributed by atoms with Crippen molar-refractivity contribution in [2.45, 2.75) is 13.0 Å². The van der Waals surface area contributed by atoms with Gasteiger partial charge in [0.15, 0.2) is 11.5 Å². The third-order valence-corrected chi connectivity index (χ3v) is 2.80. The molecule has 1 aliphatic heterocycles. The summed E-state index contributed by atoms with van der Waals surface area (Å²) in [5, 5.41) is 0.423. The molecule has 2 rings (SSSR count). The van der Waals surface area contributed by atoms with Crippen molar-refractivity contribution in [3.8, 4) is 17.2 Å². The van der Waals surface area contributed by atoms with Crippen molar-refractivity contribution < 1.29 is 14.2 Å². The number of fused-ring (bicyclic) bond motifs is 1. The van der Waals surface area contributed by atoms with Crippen LogP contribution < -0.4 is 19.9 Å². The summed E-state index contributed by atoms with van der Waals surface area (Å²) in [5.41, 5.74) is 6.67. The van der Waals surface area contributed by atoms with E-state index in [0.29, 0.717) is 35.5 Å². The molecule has 0 radical (unpaired) electrons. The van der Waals surface area contributed by atoms with Gasteiger partial charge in [0.2, 0.25) is 0 Å². The van der Waals surface area contributed by atoms with Crippen LogP contribution in [0, 0.1) is 0 Å². The Labute approximate surface area is 99.2 Å². The van der Waals surface area contributed by atoms with Crippen molar-refractivity contribution in [2.24, 2.45) is 5.73 Å². The standard InChI is InChI=1S/C11H14ClNO3/c1-6(13)7-5-8-11(16-4-3-15-8)9(12)10(7)14-2/h5-6H,3-4,13H2,1-2H3. The van der Waals surface area contributed by atoms with Gasteiger partial charge in [0, 0.05) is 11.6 Å². The first-order valence-corrected chi connectivity index (χ1v) is 5.44. The quantitative estimate of drug-likeness (QED) is 0.865. The molecule has 1 aromatic carbocycles. The molecule has 1 heterocycles. The van der Waals surface area contributed by atoms with Gasteiger partial charge in [-0.2, -0.15) is 0 Å². The highest BCUT2D eigenvalue weighted by molar-refractivity contribution is 6.34. The third-order valence-electron chi connectivity index (χ3n) is 2.45. The average Bonchev–Trinajstić information content (AvgIpc) is 2.29. The maximum absolute atomic E-state index is 6.19. The Morgan fingerprint density at radius 3 is 2.75 bits per heavy atom. The molecular formula is C11H14ClNO3. The maximum atomic E-state index is 6.19. The van der Waals surface area contributed by atoms with Crippen LogP contribution in [0.4, 0.5) is 0 Å². The maximum Gasteiger partial charge on any atom is 0.183 e. The molecule has 1 unspecified atom stereocenters. The summed E-state index contributed by atoms with van der Waals surface area (Å²) < 4.78 is 16.2. The Hall–Kier alpha value is -1.13. The summed E-state index contributed by atoms with van der Waals surface area (Å²) in [5.74, 6) is 1.72. The van der Waals surface area contributed by atoms with Gasteiger partial charge >= 0.3 is 0 Å². The van der Waals surface area contributed by atoms with Crippen molar-refractivity contribution in [2.75, 3.05) is 20.3 Å². The monoisotopic (exact) mass is 243 g/mol. The smallest absolute Gasteiger partial charge is 0.183 e. The number of benzene rings is 1. The van der Waals surface area contributed by atoms with E-state index in [-0.39, 0.29) is 6.04 Å². The lowest BCUT2D eigenvalue weighted by Gasteiger charge is -2.23. The van der Waals surface area contributed by atoms with E-state index in [0.717, 1.165) is 5.56 Å². The number of rotatable bonds is 2. The minimum Gasteiger partial charge on any atom is -0.495 e. The predicted molar refractivity (Wildman–Crippen MR) is 61.6 cm³/mol. The lowest BCUT2D eigenvalue weighted by Crippen LogP contribution is -2.17. The van der Waals surface area contributed by atoms with Crippen LogP contribution in [0.1, 0.15) is 18.5 Å². The van der Waals surface area contributed by atoms with Crippen LogP contribution in [-0.4, -0.2) is 20.3 Å². The molecule has 0 saturated heterocycles. The highest BCUT2D eigenvalue weighted by atomic mass is 35.5. The SMILES string of the molecule is COc1c(C(C)N)cc2c(c1Cl)OCCO2. The summed E-state index contributed by atoms with van der Waals surface area (Å²) in [4.78, 5) is 0. The van der Waals surface area contributed by atoms with E-state index < -0.39 is 0 Å². The first-order valence-electron chi connectivity index (χ1n) is 5.06. The van der Waals surface area contributed by atoms with Gasteiger partial charge < -0.3 is 19.9 Å². The summed E-state index contributed by atoms with van der Waals surface area (Å²) in [6, 6.07) is 1.65. The molecule has 88 valence electrons. The Kier molecular flexibility index (Phi) is 3.12. The van der Waals surface area contributed by atoms with E-state index in [2.05, 4.69) is 0 Å². The molecule has 0 aromatic heterocycles. The van der Waals surface area contributed by atoms with Crippen molar-refractivity contribution >= 4 is 11.6 Å². The van der Waals surface area contributed by atoms with Gasteiger partial charge in [-0.15, -0.1) is 0 Å². The normalized spacial score (nSPS) is 15.8. The summed E-state index contributed by atoms with van der Waals surface area (Å²) in [6.07, 6.45) is 0. The molecular weight excluding hydrogens is 230 g/mol. The Morgan fingerprint density at radius 1 is 1.44 bits per heavy atom. The second-order valence-corrected chi connectivity index (χ2v) is 4.00. The zero-order valence-electron chi connectivity index (χ0n) is 9.25. The molecule has 1 atom stereocenters. The van der Waals surface area contributed by atoms with Gasteiger partial charge in [-0.05, 0) is 13.0 Å². The Bertz CT molecular complexity index is 407. The molecule has 2 N–H and O–H groups in total. The van der Waals surface area contributed by atoms with Crippen molar-refractivity contribution in [1.82, 2.24) is 0 Å². The molecule has 0 aliphatic carbocycles. The highest BCUT2D eigenvalue weighted by Gasteiger charge is 2.23. The van der Waals surface area contributed by atoms with Crippen LogP contribution >= 0.6 is 11.6 Å². The molecule has 0 bridgehead atoms. The lowest BCUT2D eigenvalue weighted by atomic mass is 10.1. The van der Waals surface area contributed by atoms with Gasteiger partial charge in [-0.3, -0.25) is 0 Å². The van der Waals surface area contributed by atoms with E-state index in [1.54, 1.807) is 7.11 Å². The Morgan fingerprint density at radius 2 is 2.12 bits per heavy atom. The van der Waals surface area contributed by atoms with Gasteiger partial charge in [-0.1, -0.05) is 11.6 Å². The minimum absolute atomic E-state index is 0.178. The van der Waals surface area contributed by atoms with Crippen LogP contribution in [0.5, 0.6) is 17.2 Å². The lowest BCUT2D eigenvalue weighted by molar-refractivity contribution is 0.170. The molecule has 1 aliphatic rings. The Balaban J connectivity index is 2.59. The average molecular weight is 244 g/mol. The fourth-order valence-corrected chi connectivity index (χ4v) is 2.03. The summed E-state index contributed by atoms with van der Waals surface area (Å²) >= 11 is 6.19. The van der Waals surface area contributed by atoms with Crippen LogP contribution in [0.3, 0.4) is 0 Å². The first kappa shape index (κ1) is 11.4. The van der Waals surface area contributed by atoms with Gasteiger partial charge in [0.05, 0.1) is 7.11 Å². The highest BCUT2D eigenvalue weighted by Crippen LogP contribution is 2.46. The number of methoxy groups -OCH3 is 1. The van der Waals surface area contributed by atoms with Crippen molar-refractivity contribution in [1.29, 1.82) is 0 Å². The minimum atomic E-state index is -0.178. The van der Waals surface area contributed by atoms with E-state index in [1.165, 1.54) is 0 Å². The van der Waals surface area contributed by atoms with E-state index in [1.807, 2.05) is 13.0 Å². The number of nitrogens with two attached hydrogens (primary N) is 1. The van der Waals surface area contributed by atoms with Crippen LogP contribution in [0.25, 0.3) is 0 Å². The van der Waals surface area contributed by atoms with Gasteiger partial charge in [0.25, 0.3) is 0 Å². The van der Waals surface area contributed by atoms with Crippen LogP contribution in [0.15, 0.2) is 6.07 Å². The fourth-order valence-electron chi connectivity index (χ4n) is 1.69. The number of hydrogen-bond donors (Lipinski definition) is 1. The first-order chi connectivity index (χ1) is 7.65. The second-order valence-electron chi connectivity index (χ2n) is 3.63. The molecule has 4 nitrogen and oxygen atoms in total. The van der Waals surface area contributed by atoms with Gasteiger partial charge in [0.1, 0.15) is 24.0 Å². The zero-order chi connectivity index (χ0) is 11.7. The van der Waals surface area contributed by atoms with Crippen LogP contribution in [-0.2, 0) is 0 Å². The van der Waals surface area contributed by atoms with E-state index in [9.17, 15) is 0 Å². The fraction of sp³-hybridized carbons (Fsp3) is 0.455. The van der Waals surface area contributed by atoms with Crippen molar-refractivity contribution in [3.63, 3.8) is 0 Å².